The molecule has 4 rings (SSSR count). The summed E-state index contributed by atoms with van der Waals surface area (Å²) in [7, 11) is 0. The molecule has 0 aliphatic carbocycles. The number of nitrogens with one attached hydrogen (secondary N) is 1. The van der Waals surface area contributed by atoms with Gasteiger partial charge in [0.25, 0.3) is 0 Å². The maximum absolute atomic E-state index is 6.42. The Labute approximate surface area is 141 Å². The molecule has 3 heterocycles. The van der Waals surface area contributed by atoms with E-state index in [1.54, 1.807) is 23.7 Å². The molecular weight excluding hydrogens is 339 g/mol. The molecule has 0 fully saturated rings. The van der Waals surface area contributed by atoms with Gasteiger partial charge in [0.2, 0.25) is 5.95 Å². The maximum atomic E-state index is 6.42. The van der Waals surface area contributed by atoms with E-state index in [4.69, 9.17) is 23.2 Å². The quantitative estimate of drug-likeness (QED) is 0.722. The topological polar surface area (TPSA) is 42.7 Å². The molecule has 0 amide bonds. The summed E-state index contributed by atoms with van der Waals surface area (Å²) in [4.78, 5) is 5.59. The van der Waals surface area contributed by atoms with Gasteiger partial charge in [-0.05, 0) is 29.5 Å². The smallest absolute Gasteiger partial charge is 0.222 e. The first-order chi connectivity index (χ1) is 10.7. The molecule has 1 aliphatic heterocycles. The van der Waals surface area contributed by atoms with Gasteiger partial charge >= 0.3 is 0 Å². The molecule has 1 aliphatic rings. The van der Waals surface area contributed by atoms with Gasteiger partial charge in [-0.2, -0.15) is 10.1 Å². The lowest BCUT2D eigenvalue weighted by atomic mass is 9.97. The zero-order valence-corrected chi connectivity index (χ0v) is 13.7. The fraction of sp³-hybridized carbons (Fsp3) is 0.200. The fourth-order valence-corrected chi connectivity index (χ4v) is 4.06. The third-order valence-corrected chi connectivity index (χ3v) is 5.68. The Morgan fingerprint density at radius 2 is 2.14 bits per heavy atom. The largest absolute Gasteiger partial charge is 0.347 e. The Bertz CT molecular complexity index is 800. The van der Waals surface area contributed by atoms with Crippen molar-refractivity contribution in [3.8, 4) is 0 Å². The summed E-state index contributed by atoms with van der Waals surface area (Å²) in [6.07, 6.45) is 2.40. The molecule has 0 unspecified atom stereocenters. The van der Waals surface area contributed by atoms with Gasteiger partial charge in [-0.15, -0.1) is 11.3 Å². The fourth-order valence-electron chi connectivity index (χ4n) is 2.83. The minimum Gasteiger partial charge on any atom is -0.347 e. The standard InChI is InChI=1S/C15H12Cl2N4S/c16-10-4-1-3-9(14(10)17)12-7-11(13-5-2-6-22-13)20-15-18-8-19-21(12)15/h1-6,8,11-12H,7H2,(H,18,19,20)/t11-,12-/m0/s1. The highest BCUT2D eigenvalue weighted by Crippen LogP contribution is 2.41. The van der Waals surface area contributed by atoms with Crippen molar-refractivity contribution in [3.05, 3.63) is 62.5 Å². The number of nitrogens with zero attached hydrogens (tertiary/aromatic N) is 3. The lowest BCUT2D eigenvalue weighted by Gasteiger charge is -2.31. The number of aromatic nitrogens is 3. The molecule has 2 aromatic heterocycles. The van der Waals surface area contributed by atoms with Crippen molar-refractivity contribution in [1.29, 1.82) is 0 Å². The second-order valence-electron chi connectivity index (χ2n) is 5.14. The molecule has 22 heavy (non-hydrogen) atoms. The highest BCUT2D eigenvalue weighted by molar-refractivity contribution is 7.10. The summed E-state index contributed by atoms with van der Waals surface area (Å²) in [5, 5.41) is 11.0. The maximum Gasteiger partial charge on any atom is 0.222 e. The van der Waals surface area contributed by atoms with E-state index in [-0.39, 0.29) is 12.1 Å². The Morgan fingerprint density at radius 3 is 2.95 bits per heavy atom. The number of hydrogen-bond acceptors (Lipinski definition) is 4. The molecule has 0 bridgehead atoms. The van der Waals surface area contributed by atoms with Crippen molar-refractivity contribution >= 4 is 40.5 Å². The molecule has 3 aromatic rings. The second-order valence-corrected chi connectivity index (χ2v) is 6.90. The number of benzene rings is 1. The molecule has 1 N–H and O–H groups in total. The number of thiophene rings is 1. The average Bonchev–Trinajstić information content (AvgIpc) is 3.19. The van der Waals surface area contributed by atoms with E-state index >= 15 is 0 Å². The summed E-state index contributed by atoms with van der Waals surface area (Å²) in [6.45, 7) is 0. The van der Waals surface area contributed by atoms with Crippen LogP contribution in [0, 0.1) is 0 Å². The molecule has 0 saturated carbocycles. The van der Waals surface area contributed by atoms with Crippen molar-refractivity contribution in [2.45, 2.75) is 18.5 Å². The highest BCUT2D eigenvalue weighted by atomic mass is 35.5. The zero-order valence-electron chi connectivity index (χ0n) is 11.4. The van der Waals surface area contributed by atoms with Crippen LogP contribution in [0.5, 0.6) is 0 Å². The Balaban J connectivity index is 1.80. The minimum absolute atomic E-state index is 0.0112. The van der Waals surface area contributed by atoms with Crippen LogP contribution in [0.15, 0.2) is 42.0 Å². The van der Waals surface area contributed by atoms with Crippen LogP contribution in [-0.4, -0.2) is 14.8 Å². The van der Waals surface area contributed by atoms with Crippen molar-refractivity contribution < 1.29 is 0 Å². The number of halogens is 2. The van der Waals surface area contributed by atoms with E-state index in [9.17, 15) is 0 Å². The number of hydrogen-bond donors (Lipinski definition) is 1. The molecule has 112 valence electrons. The predicted molar refractivity (Wildman–Crippen MR) is 89.9 cm³/mol. The van der Waals surface area contributed by atoms with Crippen molar-refractivity contribution in [2.75, 3.05) is 5.32 Å². The summed E-state index contributed by atoms with van der Waals surface area (Å²) in [5.74, 6) is 0.755. The van der Waals surface area contributed by atoms with Crippen LogP contribution in [0.25, 0.3) is 0 Å². The molecule has 4 nitrogen and oxygen atoms in total. The van der Waals surface area contributed by atoms with Gasteiger partial charge in [-0.25, -0.2) is 4.68 Å². The lowest BCUT2D eigenvalue weighted by Crippen LogP contribution is -2.27. The molecule has 0 radical (unpaired) electrons. The molecule has 7 heteroatoms. The van der Waals surface area contributed by atoms with E-state index in [1.807, 2.05) is 16.8 Å². The summed E-state index contributed by atoms with van der Waals surface area (Å²) in [5.41, 5.74) is 0.976. The van der Waals surface area contributed by atoms with Crippen molar-refractivity contribution in [3.63, 3.8) is 0 Å². The van der Waals surface area contributed by atoms with E-state index in [0.29, 0.717) is 10.0 Å². The van der Waals surface area contributed by atoms with Crippen LogP contribution >= 0.6 is 34.5 Å². The summed E-state index contributed by atoms with van der Waals surface area (Å²) >= 11 is 14.3. The third-order valence-electron chi connectivity index (χ3n) is 3.86. The van der Waals surface area contributed by atoms with Gasteiger partial charge < -0.3 is 5.32 Å². The van der Waals surface area contributed by atoms with E-state index in [2.05, 4.69) is 32.9 Å². The number of rotatable bonds is 2. The molecule has 1 aromatic carbocycles. The Kier molecular flexibility index (Phi) is 3.56. The van der Waals surface area contributed by atoms with E-state index in [1.165, 1.54) is 4.88 Å². The van der Waals surface area contributed by atoms with Gasteiger partial charge in [0.05, 0.1) is 22.1 Å². The van der Waals surface area contributed by atoms with E-state index < -0.39 is 0 Å². The van der Waals surface area contributed by atoms with Crippen LogP contribution in [-0.2, 0) is 0 Å². The summed E-state index contributed by atoms with van der Waals surface area (Å²) in [6, 6.07) is 10.1. The molecule has 2 atom stereocenters. The van der Waals surface area contributed by atoms with E-state index in [0.717, 1.165) is 17.9 Å². The normalized spacial score (nSPS) is 20.5. The van der Waals surface area contributed by atoms with Gasteiger partial charge in [-0.3, -0.25) is 0 Å². The molecular formula is C15H12Cl2N4S. The van der Waals surface area contributed by atoms with Crippen LogP contribution in [0.1, 0.15) is 28.9 Å². The third kappa shape index (κ3) is 2.29. The predicted octanol–water partition coefficient (Wildman–Crippen LogP) is 4.79. The first-order valence-electron chi connectivity index (χ1n) is 6.87. The van der Waals surface area contributed by atoms with Crippen molar-refractivity contribution in [1.82, 2.24) is 14.8 Å². The first kappa shape index (κ1) is 14.1. The van der Waals surface area contributed by atoms with Gasteiger partial charge in [0, 0.05) is 4.88 Å². The second kappa shape index (κ2) is 5.57. The monoisotopic (exact) mass is 350 g/mol. The lowest BCUT2D eigenvalue weighted by molar-refractivity contribution is 0.433. The molecule has 0 saturated heterocycles. The first-order valence-corrected chi connectivity index (χ1v) is 8.51. The minimum atomic E-state index is 0.0112. The van der Waals surface area contributed by atoms with Gasteiger partial charge in [0.1, 0.15) is 6.33 Å². The SMILES string of the molecule is Clc1cccc([C@@H]2C[C@@H](c3cccs3)Nc3ncnn32)c1Cl. The van der Waals surface area contributed by atoms with Gasteiger partial charge in [-0.1, -0.05) is 41.4 Å². The van der Waals surface area contributed by atoms with Crippen molar-refractivity contribution in [2.24, 2.45) is 0 Å². The molecule has 0 spiro atoms. The average molecular weight is 351 g/mol. The van der Waals surface area contributed by atoms with Crippen LogP contribution in [0.2, 0.25) is 10.0 Å². The number of fused-ring (bicyclic) bond motifs is 1. The van der Waals surface area contributed by atoms with Crippen LogP contribution in [0.3, 0.4) is 0 Å². The van der Waals surface area contributed by atoms with Crippen LogP contribution in [0.4, 0.5) is 5.95 Å². The highest BCUT2D eigenvalue weighted by Gasteiger charge is 2.31. The zero-order chi connectivity index (χ0) is 15.1. The Morgan fingerprint density at radius 1 is 1.23 bits per heavy atom. The number of anilines is 1. The van der Waals surface area contributed by atoms with Gasteiger partial charge in [0.15, 0.2) is 0 Å². The summed E-state index contributed by atoms with van der Waals surface area (Å²) < 4.78 is 1.88. The van der Waals surface area contributed by atoms with Crippen LogP contribution < -0.4 is 5.32 Å². The Hall–Kier alpha value is -1.56.